The van der Waals surface area contributed by atoms with Gasteiger partial charge in [0.25, 0.3) is 0 Å². The third-order valence-corrected chi connectivity index (χ3v) is 3.40. The van der Waals surface area contributed by atoms with Crippen molar-refractivity contribution in [3.63, 3.8) is 0 Å². The maximum Gasteiger partial charge on any atom is 0.316 e. The van der Waals surface area contributed by atoms with Crippen LogP contribution in [0.3, 0.4) is 0 Å². The number of carbonyl (C=O) groups excluding carboxylic acids is 3. The number of ether oxygens (including phenoxy) is 1. The predicted octanol–water partition coefficient (Wildman–Crippen LogP) is 2.66. The van der Waals surface area contributed by atoms with Gasteiger partial charge in [0.1, 0.15) is 17.5 Å². The Morgan fingerprint density at radius 1 is 1.19 bits per heavy atom. The van der Waals surface area contributed by atoms with Crippen LogP contribution in [0.15, 0.2) is 24.3 Å². The highest BCUT2D eigenvalue weighted by Crippen LogP contribution is 2.15. The monoisotopic (exact) mass is 290 g/mol. The van der Waals surface area contributed by atoms with Crippen LogP contribution in [-0.2, 0) is 25.5 Å². The second-order valence-electron chi connectivity index (χ2n) is 5.27. The molecule has 0 fully saturated rings. The lowest BCUT2D eigenvalue weighted by molar-refractivity contribution is -0.149. The van der Waals surface area contributed by atoms with Crippen molar-refractivity contribution in [2.75, 3.05) is 7.11 Å². The topological polar surface area (TPSA) is 60.4 Å². The molecule has 0 aliphatic rings. The minimum Gasteiger partial charge on any atom is -0.468 e. The SMILES string of the molecule is COC(=O)C(CCC(C)=O)C(=O)CCc1cccc(C)c1. The molecule has 1 aromatic rings. The fraction of sp³-hybridized carbons (Fsp3) is 0.471. The van der Waals surface area contributed by atoms with Gasteiger partial charge in [-0.1, -0.05) is 29.8 Å². The number of hydrogen-bond donors (Lipinski definition) is 0. The van der Waals surface area contributed by atoms with Crippen LogP contribution in [0.4, 0.5) is 0 Å². The molecule has 0 aliphatic heterocycles. The molecule has 1 rings (SSSR count). The summed E-state index contributed by atoms with van der Waals surface area (Å²) in [4.78, 5) is 34.9. The van der Waals surface area contributed by atoms with E-state index in [2.05, 4.69) is 4.74 Å². The molecule has 0 N–H and O–H groups in total. The summed E-state index contributed by atoms with van der Waals surface area (Å²) in [5.41, 5.74) is 2.21. The quantitative estimate of drug-likeness (QED) is 0.545. The molecule has 0 bridgehead atoms. The average Bonchev–Trinajstić information content (AvgIpc) is 2.44. The normalized spacial score (nSPS) is 11.8. The van der Waals surface area contributed by atoms with Crippen molar-refractivity contribution >= 4 is 17.5 Å². The Morgan fingerprint density at radius 3 is 2.48 bits per heavy atom. The van der Waals surface area contributed by atoms with Gasteiger partial charge in [-0.3, -0.25) is 9.59 Å². The van der Waals surface area contributed by atoms with E-state index in [1.54, 1.807) is 0 Å². The molecule has 1 unspecified atom stereocenters. The lowest BCUT2D eigenvalue weighted by Crippen LogP contribution is -2.26. The summed E-state index contributed by atoms with van der Waals surface area (Å²) in [7, 11) is 1.26. The fourth-order valence-corrected chi connectivity index (χ4v) is 2.21. The Balaban J connectivity index is 2.63. The number of esters is 1. The van der Waals surface area contributed by atoms with Crippen molar-refractivity contribution in [3.8, 4) is 0 Å². The third-order valence-electron chi connectivity index (χ3n) is 3.40. The van der Waals surface area contributed by atoms with Crippen LogP contribution >= 0.6 is 0 Å². The first-order chi connectivity index (χ1) is 9.93. The molecule has 114 valence electrons. The first-order valence-corrected chi connectivity index (χ1v) is 7.09. The van der Waals surface area contributed by atoms with Gasteiger partial charge in [-0.15, -0.1) is 0 Å². The van der Waals surface area contributed by atoms with Crippen molar-refractivity contribution in [1.29, 1.82) is 0 Å². The molecular weight excluding hydrogens is 268 g/mol. The molecule has 0 spiro atoms. The number of hydrogen-bond acceptors (Lipinski definition) is 4. The van der Waals surface area contributed by atoms with Crippen molar-refractivity contribution < 1.29 is 19.1 Å². The van der Waals surface area contributed by atoms with Crippen LogP contribution in [-0.4, -0.2) is 24.6 Å². The highest BCUT2D eigenvalue weighted by atomic mass is 16.5. The van der Waals surface area contributed by atoms with Crippen LogP contribution in [0.25, 0.3) is 0 Å². The highest BCUT2D eigenvalue weighted by molar-refractivity contribution is 5.99. The molecule has 0 amide bonds. The molecular formula is C17H22O4. The first kappa shape index (κ1) is 17.1. The zero-order valence-electron chi connectivity index (χ0n) is 12.8. The second-order valence-corrected chi connectivity index (χ2v) is 5.27. The average molecular weight is 290 g/mol. The number of benzene rings is 1. The summed E-state index contributed by atoms with van der Waals surface area (Å²) in [6, 6.07) is 7.93. The van der Waals surface area contributed by atoms with E-state index in [-0.39, 0.29) is 30.8 Å². The van der Waals surface area contributed by atoms with Crippen LogP contribution in [0.5, 0.6) is 0 Å². The number of ketones is 2. The van der Waals surface area contributed by atoms with Crippen molar-refractivity contribution in [2.45, 2.75) is 39.5 Å². The molecule has 0 heterocycles. The first-order valence-electron chi connectivity index (χ1n) is 7.09. The molecule has 0 aromatic heterocycles. The van der Waals surface area contributed by atoms with E-state index >= 15 is 0 Å². The molecule has 1 atom stereocenters. The maximum absolute atomic E-state index is 12.2. The molecule has 0 saturated heterocycles. The molecule has 4 nitrogen and oxygen atoms in total. The van der Waals surface area contributed by atoms with E-state index in [4.69, 9.17) is 0 Å². The largest absolute Gasteiger partial charge is 0.468 e. The van der Waals surface area contributed by atoms with Crippen LogP contribution in [0.1, 0.15) is 37.3 Å². The van der Waals surface area contributed by atoms with E-state index in [0.717, 1.165) is 11.1 Å². The van der Waals surface area contributed by atoms with Gasteiger partial charge in [-0.2, -0.15) is 0 Å². The summed E-state index contributed by atoms with van der Waals surface area (Å²) in [6.45, 7) is 3.45. The van der Waals surface area contributed by atoms with E-state index in [1.165, 1.54) is 14.0 Å². The highest BCUT2D eigenvalue weighted by Gasteiger charge is 2.27. The van der Waals surface area contributed by atoms with Crippen molar-refractivity contribution in [2.24, 2.45) is 5.92 Å². The molecule has 0 saturated carbocycles. The number of methoxy groups -OCH3 is 1. The van der Waals surface area contributed by atoms with Gasteiger partial charge in [0.15, 0.2) is 0 Å². The van der Waals surface area contributed by atoms with Gasteiger partial charge in [0, 0.05) is 12.8 Å². The van der Waals surface area contributed by atoms with Gasteiger partial charge in [0.05, 0.1) is 7.11 Å². The van der Waals surface area contributed by atoms with Crippen molar-refractivity contribution in [3.05, 3.63) is 35.4 Å². The summed E-state index contributed by atoms with van der Waals surface area (Å²) >= 11 is 0. The Hall–Kier alpha value is -1.97. The standard InChI is InChI=1S/C17H22O4/c1-12-5-4-6-14(11-12)8-10-16(19)15(17(20)21-3)9-7-13(2)18/h4-6,11,15H,7-10H2,1-3H3. The molecule has 4 heteroatoms. The van der Waals surface area contributed by atoms with Crippen LogP contribution < -0.4 is 0 Å². The number of rotatable bonds is 8. The van der Waals surface area contributed by atoms with E-state index in [1.807, 2.05) is 31.2 Å². The third kappa shape index (κ3) is 5.90. The molecule has 21 heavy (non-hydrogen) atoms. The maximum atomic E-state index is 12.2. The minimum atomic E-state index is -0.830. The van der Waals surface area contributed by atoms with E-state index in [0.29, 0.717) is 6.42 Å². The van der Waals surface area contributed by atoms with Crippen molar-refractivity contribution in [1.82, 2.24) is 0 Å². The summed E-state index contributed by atoms with van der Waals surface area (Å²) in [5.74, 6) is -1.57. The number of aryl methyl sites for hydroxylation is 2. The summed E-state index contributed by atoms with van der Waals surface area (Å²) in [5, 5.41) is 0. The predicted molar refractivity (Wildman–Crippen MR) is 79.9 cm³/mol. The zero-order chi connectivity index (χ0) is 15.8. The van der Waals surface area contributed by atoms with Crippen LogP contribution in [0, 0.1) is 12.8 Å². The number of Topliss-reactive ketones (excluding diaryl/α,β-unsaturated/α-hetero) is 2. The Morgan fingerprint density at radius 2 is 1.90 bits per heavy atom. The Labute approximate surface area is 125 Å². The van der Waals surface area contributed by atoms with Gasteiger partial charge in [-0.25, -0.2) is 0 Å². The molecule has 0 aliphatic carbocycles. The molecule has 0 radical (unpaired) electrons. The lowest BCUT2D eigenvalue weighted by atomic mass is 9.93. The summed E-state index contributed by atoms with van der Waals surface area (Å²) < 4.78 is 4.67. The Kier molecular flexibility index (Phi) is 6.79. The van der Waals surface area contributed by atoms with Gasteiger partial charge < -0.3 is 9.53 Å². The van der Waals surface area contributed by atoms with E-state index in [9.17, 15) is 14.4 Å². The van der Waals surface area contributed by atoms with Gasteiger partial charge in [-0.05, 0) is 32.3 Å². The fourth-order valence-electron chi connectivity index (χ4n) is 2.21. The van der Waals surface area contributed by atoms with E-state index < -0.39 is 11.9 Å². The molecule has 1 aromatic carbocycles. The lowest BCUT2D eigenvalue weighted by Gasteiger charge is -2.13. The Bertz CT molecular complexity index is 519. The zero-order valence-corrected chi connectivity index (χ0v) is 12.8. The smallest absolute Gasteiger partial charge is 0.316 e. The minimum absolute atomic E-state index is 0.0320. The van der Waals surface area contributed by atoms with Crippen LogP contribution in [0.2, 0.25) is 0 Å². The second kappa shape index (κ2) is 8.35. The van der Waals surface area contributed by atoms with Gasteiger partial charge >= 0.3 is 5.97 Å². The summed E-state index contributed by atoms with van der Waals surface area (Å²) in [6.07, 6.45) is 1.32. The number of carbonyl (C=O) groups is 3. The van der Waals surface area contributed by atoms with Gasteiger partial charge in [0.2, 0.25) is 0 Å².